The van der Waals surface area contributed by atoms with Crippen LogP contribution in [0.15, 0.2) is 21.2 Å². The minimum Gasteiger partial charge on any atom is -0.469 e. The van der Waals surface area contributed by atoms with Crippen molar-refractivity contribution in [3.05, 3.63) is 35.4 Å². The Morgan fingerprint density at radius 1 is 1.38 bits per heavy atom. The van der Waals surface area contributed by atoms with Crippen molar-refractivity contribution in [3.63, 3.8) is 0 Å². The summed E-state index contributed by atoms with van der Waals surface area (Å²) in [7, 11) is 0. The molecule has 0 bridgehead atoms. The number of carbonyl (C=O) groups is 1. The summed E-state index contributed by atoms with van der Waals surface area (Å²) in [6, 6.07) is 1.73. The van der Waals surface area contributed by atoms with E-state index in [0.29, 0.717) is 49.4 Å². The lowest BCUT2D eigenvalue weighted by Gasteiger charge is -2.22. The predicted octanol–water partition coefficient (Wildman–Crippen LogP) is 1.89. The highest BCUT2D eigenvalue weighted by atomic mass is 16.5. The minimum absolute atomic E-state index is 0.00282. The number of amides is 1. The van der Waals surface area contributed by atoms with E-state index in [-0.39, 0.29) is 17.2 Å². The molecule has 1 amide bonds. The van der Waals surface area contributed by atoms with Gasteiger partial charge in [-0.2, -0.15) is 0 Å². The van der Waals surface area contributed by atoms with Crippen molar-refractivity contribution in [2.45, 2.75) is 31.1 Å². The number of carbonyl (C=O) groups excluding carboxylic acids is 1. The quantitative estimate of drug-likeness (QED) is 0.855. The van der Waals surface area contributed by atoms with Crippen molar-refractivity contribution in [1.82, 2.24) is 15.1 Å². The number of ether oxygens (including phenoxy) is 1. The van der Waals surface area contributed by atoms with Crippen molar-refractivity contribution >= 4 is 5.91 Å². The number of hydrogen-bond donors (Lipinski definition) is 0. The standard InChI is InChI=1S/C17H19N3O4/c1-10-13(4-5-23-10)15(21)20-6-12-7-22-9-17(12,8-20)16-19-18-14(24-16)11-2-3-11/h4-5,11-12H,2-3,6-9H2,1H3/t12-,17-/m0/s1. The maximum atomic E-state index is 12.8. The summed E-state index contributed by atoms with van der Waals surface area (Å²) in [5.74, 6) is 2.64. The fraction of sp³-hybridized carbons (Fsp3) is 0.588. The van der Waals surface area contributed by atoms with Crippen molar-refractivity contribution in [2.75, 3.05) is 26.3 Å². The highest BCUT2D eigenvalue weighted by Gasteiger charge is 2.56. The summed E-state index contributed by atoms with van der Waals surface area (Å²) in [6.45, 7) is 4.15. The monoisotopic (exact) mass is 329 g/mol. The Hall–Kier alpha value is -2.15. The highest BCUT2D eigenvalue weighted by molar-refractivity contribution is 5.95. The van der Waals surface area contributed by atoms with Gasteiger partial charge in [0.05, 0.1) is 30.5 Å². The Balaban J connectivity index is 1.45. The van der Waals surface area contributed by atoms with Crippen LogP contribution in [0.5, 0.6) is 0 Å². The Morgan fingerprint density at radius 2 is 2.25 bits per heavy atom. The summed E-state index contributed by atoms with van der Waals surface area (Å²) in [5, 5.41) is 8.54. The van der Waals surface area contributed by atoms with Gasteiger partial charge in [-0.15, -0.1) is 10.2 Å². The van der Waals surface area contributed by atoms with Gasteiger partial charge in [0.25, 0.3) is 5.91 Å². The molecule has 1 aliphatic carbocycles. The fourth-order valence-corrected chi connectivity index (χ4v) is 3.90. The van der Waals surface area contributed by atoms with Crippen molar-refractivity contribution < 1.29 is 18.4 Å². The summed E-state index contributed by atoms with van der Waals surface area (Å²) in [4.78, 5) is 14.7. The van der Waals surface area contributed by atoms with Crippen LogP contribution in [0.4, 0.5) is 0 Å². The first-order valence-corrected chi connectivity index (χ1v) is 8.42. The fourth-order valence-electron chi connectivity index (χ4n) is 3.90. The van der Waals surface area contributed by atoms with Gasteiger partial charge >= 0.3 is 0 Å². The molecule has 0 radical (unpaired) electrons. The molecular weight excluding hydrogens is 310 g/mol. The zero-order valence-electron chi connectivity index (χ0n) is 13.5. The van der Waals surface area contributed by atoms with Gasteiger partial charge < -0.3 is 18.5 Å². The molecule has 4 heterocycles. The number of fused-ring (bicyclic) bond motifs is 1. The van der Waals surface area contributed by atoms with Crippen LogP contribution in [0.2, 0.25) is 0 Å². The third-order valence-electron chi connectivity index (χ3n) is 5.54. The first-order valence-electron chi connectivity index (χ1n) is 8.42. The number of aromatic nitrogens is 2. The molecule has 2 aromatic heterocycles. The van der Waals surface area contributed by atoms with Gasteiger partial charge in [-0.05, 0) is 25.8 Å². The molecule has 0 spiro atoms. The van der Waals surface area contributed by atoms with Crippen LogP contribution in [0.3, 0.4) is 0 Å². The van der Waals surface area contributed by atoms with Gasteiger partial charge in [0.1, 0.15) is 5.76 Å². The molecule has 3 aliphatic rings. The smallest absolute Gasteiger partial charge is 0.257 e. The van der Waals surface area contributed by atoms with Crippen molar-refractivity contribution in [1.29, 1.82) is 0 Å². The third kappa shape index (κ3) is 1.97. The predicted molar refractivity (Wildman–Crippen MR) is 81.6 cm³/mol. The van der Waals surface area contributed by atoms with E-state index in [1.807, 2.05) is 11.8 Å². The summed E-state index contributed by atoms with van der Waals surface area (Å²) in [6.07, 6.45) is 3.80. The number of hydrogen-bond acceptors (Lipinski definition) is 6. The normalized spacial score (nSPS) is 29.2. The molecule has 126 valence electrons. The maximum Gasteiger partial charge on any atom is 0.257 e. The van der Waals surface area contributed by atoms with Crippen LogP contribution in [-0.4, -0.2) is 47.3 Å². The molecule has 2 aromatic rings. The van der Waals surface area contributed by atoms with E-state index in [0.717, 1.165) is 18.7 Å². The van der Waals surface area contributed by atoms with E-state index in [4.69, 9.17) is 13.6 Å². The van der Waals surface area contributed by atoms with E-state index in [1.54, 1.807) is 12.3 Å². The zero-order chi connectivity index (χ0) is 16.3. The van der Waals surface area contributed by atoms with Gasteiger partial charge in [-0.1, -0.05) is 0 Å². The molecule has 24 heavy (non-hydrogen) atoms. The summed E-state index contributed by atoms with van der Waals surface area (Å²) < 4.78 is 17.0. The first-order chi connectivity index (χ1) is 11.7. The second-order valence-corrected chi connectivity index (χ2v) is 7.16. The zero-order valence-corrected chi connectivity index (χ0v) is 13.5. The van der Waals surface area contributed by atoms with Crippen LogP contribution in [0.25, 0.3) is 0 Å². The topological polar surface area (TPSA) is 81.6 Å². The molecule has 2 atom stereocenters. The largest absolute Gasteiger partial charge is 0.469 e. The number of rotatable bonds is 3. The number of furan rings is 1. The van der Waals surface area contributed by atoms with Gasteiger partial charge in [0.15, 0.2) is 0 Å². The van der Waals surface area contributed by atoms with E-state index in [2.05, 4.69) is 10.2 Å². The third-order valence-corrected chi connectivity index (χ3v) is 5.54. The van der Waals surface area contributed by atoms with E-state index in [9.17, 15) is 4.79 Å². The van der Waals surface area contributed by atoms with E-state index in [1.165, 1.54) is 0 Å². The van der Waals surface area contributed by atoms with E-state index >= 15 is 0 Å². The summed E-state index contributed by atoms with van der Waals surface area (Å²) >= 11 is 0. The number of nitrogens with zero attached hydrogens (tertiary/aromatic N) is 3. The molecule has 1 saturated carbocycles. The molecule has 7 nitrogen and oxygen atoms in total. The molecular formula is C17H19N3O4. The van der Waals surface area contributed by atoms with Gasteiger partial charge in [-0.25, -0.2) is 0 Å². The molecule has 3 fully saturated rings. The molecule has 0 N–H and O–H groups in total. The molecule has 0 unspecified atom stereocenters. The second-order valence-electron chi connectivity index (χ2n) is 7.16. The van der Waals surface area contributed by atoms with Crippen LogP contribution in [0.1, 0.15) is 46.7 Å². The van der Waals surface area contributed by atoms with Gasteiger partial charge in [-0.3, -0.25) is 4.79 Å². The lowest BCUT2D eigenvalue weighted by atomic mass is 9.81. The summed E-state index contributed by atoms with van der Waals surface area (Å²) in [5.41, 5.74) is 0.253. The van der Waals surface area contributed by atoms with Gasteiger partial charge in [0, 0.05) is 24.9 Å². The molecule has 2 saturated heterocycles. The SMILES string of the molecule is Cc1occc1C(=O)N1C[C@H]2COC[C@@]2(c2nnc(C3CC3)o2)C1. The minimum atomic E-state index is -0.368. The Labute approximate surface area is 139 Å². The Bertz CT molecular complexity index is 793. The number of likely N-dealkylation sites (tertiary alicyclic amines) is 1. The Kier molecular flexibility index (Phi) is 2.92. The first kappa shape index (κ1) is 14.2. The molecule has 0 aromatic carbocycles. The molecule has 2 aliphatic heterocycles. The Morgan fingerprint density at radius 3 is 3.00 bits per heavy atom. The van der Waals surface area contributed by atoms with Crippen LogP contribution in [0, 0.1) is 12.8 Å². The van der Waals surface area contributed by atoms with Crippen molar-refractivity contribution in [3.8, 4) is 0 Å². The highest BCUT2D eigenvalue weighted by Crippen LogP contribution is 2.46. The van der Waals surface area contributed by atoms with Crippen LogP contribution < -0.4 is 0 Å². The van der Waals surface area contributed by atoms with E-state index < -0.39 is 0 Å². The average Bonchev–Trinajstić information content (AvgIpc) is 2.97. The van der Waals surface area contributed by atoms with Crippen molar-refractivity contribution in [2.24, 2.45) is 5.92 Å². The average molecular weight is 329 g/mol. The molecule has 5 rings (SSSR count). The van der Waals surface area contributed by atoms with Crippen LogP contribution >= 0.6 is 0 Å². The van der Waals surface area contributed by atoms with Gasteiger partial charge in [0.2, 0.25) is 11.8 Å². The number of aryl methyl sites for hydroxylation is 1. The molecule has 7 heteroatoms. The lowest BCUT2D eigenvalue weighted by molar-refractivity contribution is 0.0736. The van der Waals surface area contributed by atoms with Crippen LogP contribution in [-0.2, 0) is 10.2 Å². The lowest BCUT2D eigenvalue weighted by Crippen LogP contribution is -2.37. The maximum absolute atomic E-state index is 12.8. The second kappa shape index (κ2) is 4.92.